The van der Waals surface area contributed by atoms with Gasteiger partial charge >= 0.3 is 0 Å². The molecule has 0 aromatic carbocycles. The third-order valence-corrected chi connectivity index (χ3v) is 3.99. The number of likely N-dealkylation sites (tertiary alicyclic amines) is 1. The number of carbonyl (C=O) groups excluding carboxylic acids is 1. The van der Waals surface area contributed by atoms with Crippen molar-refractivity contribution in [3.05, 3.63) is 0 Å². The molecule has 0 spiro atoms. The SMILES string of the molecule is C[C@H](N)C(=O)N(CC1CCCCN1C)C1CC1. The summed E-state index contributed by atoms with van der Waals surface area (Å²) in [5, 5.41) is 0. The van der Waals surface area contributed by atoms with Crippen LogP contribution in [0, 0.1) is 0 Å². The summed E-state index contributed by atoms with van der Waals surface area (Å²) in [5.74, 6) is 0.131. The fourth-order valence-electron chi connectivity index (χ4n) is 2.67. The number of hydrogen-bond donors (Lipinski definition) is 1. The third-order valence-electron chi connectivity index (χ3n) is 3.99. The van der Waals surface area contributed by atoms with Crippen LogP contribution in [0.3, 0.4) is 0 Å². The second kappa shape index (κ2) is 5.36. The molecule has 2 rings (SSSR count). The maximum atomic E-state index is 12.1. The molecule has 1 heterocycles. The summed E-state index contributed by atoms with van der Waals surface area (Å²) in [6, 6.07) is 0.653. The molecule has 17 heavy (non-hydrogen) atoms. The molecule has 2 fully saturated rings. The van der Waals surface area contributed by atoms with Gasteiger partial charge in [-0.3, -0.25) is 4.79 Å². The van der Waals surface area contributed by atoms with Gasteiger partial charge in [0.25, 0.3) is 0 Å². The largest absolute Gasteiger partial charge is 0.337 e. The number of carbonyl (C=O) groups is 1. The quantitative estimate of drug-likeness (QED) is 0.790. The molecule has 1 saturated heterocycles. The van der Waals surface area contributed by atoms with Crippen molar-refractivity contribution in [3.63, 3.8) is 0 Å². The first-order valence-corrected chi connectivity index (χ1v) is 6.86. The summed E-state index contributed by atoms with van der Waals surface area (Å²) in [4.78, 5) is 16.5. The molecule has 1 amide bonds. The smallest absolute Gasteiger partial charge is 0.239 e. The fourth-order valence-corrected chi connectivity index (χ4v) is 2.67. The standard InChI is InChI=1S/C13H25N3O/c1-10(14)13(17)16(11-6-7-11)9-12-5-3-4-8-15(12)2/h10-12H,3-9,14H2,1-2H3/t10-,12?/m0/s1. The Bertz CT molecular complexity index is 276. The zero-order chi connectivity index (χ0) is 12.4. The van der Waals surface area contributed by atoms with Gasteiger partial charge in [0.1, 0.15) is 0 Å². The number of likely N-dealkylation sites (N-methyl/N-ethyl adjacent to an activating group) is 1. The van der Waals surface area contributed by atoms with Crippen molar-refractivity contribution in [1.29, 1.82) is 0 Å². The molecule has 1 unspecified atom stereocenters. The molecule has 98 valence electrons. The molecule has 1 aliphatic heterocycles. The van der Waals surface area contributed by atoms with E-state index in [1.165, 1.54) is 19.3 Å². The predicted octanol–water partition coefficient (Wildman–Crippen LogP) is 0.809. The van der Waals surface area contributed by atoms with Gasteiger partial charge in [-0.2, -0.15) is 0 Å². The topological polar surface area (TPSA) is 49.6 Å². The van der Waals surface area contributed by atoms with E-state index in [-0.39, 0.29) is 11.9 Å². The summed E-state index contributed by atoms with van der Waals surface area (Å²) in [7, 11) is 2.17. The van der Waals surface area contributed by atoms with Crippen LogP contribution in [0.4, 0.5) is 0 Å². The molecule has 1 aliphatic carbocycles. The molecule has 2 N–H and O–H groups in total. The number of hydrogen-bond acceptors (Lipinski definition) is 3. The van der Waals surface area contributed by atoms with Crippen LogP contribution in [0.5, 0.6) is 0 Å². The molecule has 0 bridgehead atoms. The Morgan fingerprint density at radius 2 is 2.12 bits per heavy atom. The van der Waals surface area contributed by atoms with E-state index in [0.717, 1.165) is 25.9 Å². The summed E-state index contributed by atoms with van der Waals surface area (Å²) in [6.45, 7) is 3.83. The lowest BCUT2D eigenvalue weighted by molar-refractivity contribution is -0.133. The van der Waals surface area contributed by atoms with Crippen LogP contribution in [0.15, 0.2) is 0 Å². The first kappa shape index (κ1) is 12.8. The molecular formula is C13H25N3O. The van der Waals surface area contributed by atoms with E-state index in [2.05, 4.69) is 11.9 Å². The normalized spacial score (nSPS) is 27.8. The van der Waals surface area contributed by atoms with Gasteiger partial charge in [0, 0.05) is 18.6 Å². The highest BCUT2D eigenvalue weighted by atomic mass is 16.2. The fraction of sp³-hybridized carbons (Fsp3) is 0.923. The van der Waals surface area contributed by atoms with Crippen LogP contribution in [0.2, 0.25) is 0 Å². The minimum atomic E-state index is -0.357. The Morgan fingerprint density at radius 1 is 1.41 bits per heavy atom. The van der Waals surface area contributed by atoms with Gasteiger partial charge < -0.3 is 15.5 Å². The van der Waals surface area contributed by atoms with Crippen molar-refractivity contribution in [1.82, 2.24) is 9.80 Å². The van der Waals surface area contributed by atoms with Gasteiger partial charge in [0.15, 0.2) is 0 Å². The number of piperidine rings is 1. The van der Waals surface area contributed by atoms with E-state index in [0.29, 0.717) is 12.1 Å². The maximum absolute atomic E-state index is 12.1. The molecule has 2 aliphatic rings. The molecule has 0 aromatic rings. The van der Waals surface area contributed by atoms with Crippen molar-refractivity contribution < 1.29 is 4.79 Å². The lowest BCUT2D eigenvalue weighted by atomic mass is 10.0. The van der Waals surface area contributed by atoms with Crippen LogP contribution in [-0.2, 0) is 4.79 Å². The lowest BCUT2D eigenvalue weighted by Crippen LogP contribution is -2.51. The van der Waals surface area contributed by atoms with Gasteiger partial charge in [0.2, 0.25) is 5.91 Å². The Hall–Kier alpha value is -0.610. The zero-order valence-corrected chi connectivity index (χ0v) is 11.1. The molecular weight excluding hydrogens is 214 g/mol. The minimum Gasteiger partial charge on any atom is -0.337 e. The summed E-state index contributed by atoms with van der Waals surface area (Å²) in [6.07, 6.45) is 6.12. The molecule has 4 heteroatoms. The van der Waals surface area contributed by atoms with Crippen molar-refractivity contribution in [2.45, 2.75) is 57.2 Å². The van der Waals surface area contributed by atoms with Crippen LogP contribution < -0.4 is 5.73 Å². The van der Waals surface area contributed by atoms with E-state index < -0.39 is 0 Å². The Balaban J connectivity index is 1.94. The van der Waals surface area contributed by atoms with Crippen molar-refractivity contribution in [3.8, 4) is 0 Å². The van der Waals surface area contributed by atoms with Gasteiger partial charge in [-0.05, 0) is 46.2 Å². The molecule has 1 saturated carbocycles. The van der Waals surface area contributed by atoms with Gasteiger partial charge in [0.05, 0.1) is 6.04 Å². The van der Waals surface area contributed by atoms with Crippen LogP contribution in [-0.4, -0.2) is 54.0 Å². The predicted molar refractivity (Wildman–Crippen MR) is 68.7 cm³/mol. The lowest BCUT2D eigenvalue weighted by Gasteiger charge is -2.37. The maximum Gasteiger partial charge on any atom is 0.239 e. The van der Waals surface area contributed by atoms with Crippen LogP contribution in [0.25, 0.3) is 0 Å². The third kappa shape index (κ3) is 3.19. The van der Waals surface area contributed by atoms with Gasteiger partial charge in [-0.1, -0.05) is 6.42 Å². The molecule has 4 nitrogen and oxygen atoms in total. The van der Waals surface area contributed by atoms with Crippen LogP contribution >= 0.6 is 0 Å². The van der Waals surface area contributed by atoms with E-state index in [1.807, 2.05) is 4.90 Å². The number of nitrogens with two attached hydrogens (primary N) is 1. The van der Waals surface area contributed by atoms with Crippen molar-refractivity contribution in [2.24, 2.45) is 5.73 Å². The second-order valence-electron chi connectivity index (χ2n) is 5.64. The molecule has 0 radical (unpaired) electrons. The summed E-state index contributed by atoms with van der Waals surface area (Å²) < 4.78 is 0. The Labute approximate surface area is 104 Å². The average Bonchev–Trinajstić information content (AvgIpc) is 3.11. The van der Waals surface area contributed by atoms with E-state index in [9.17, 15) is 4.79 Å². The Morgan fingerprint density at radius 3 is 2.65 bits per heavy atom. The second-order valence-corrected chi connectivity index (χ2v) is 5.64. The van der Waals surface area contributed by atoms with E-state index in [1.54, 1.807) is 6.92 Å². The van der Waals surface area contributed by atoms with Crippen LogP contribution in [0.1, 0.15) is 39.0 Å². The van der Waals surface area contributed by atoms with E-state index >= 15 is 0 Å². The summed E-state index contributed by atoms with van der Waals surface area (Å²) in [5.41, 5.74) is 5.74. The number of nitrogens with zero attached hydrogens (tertiary/aromatic N) is 2. The Kier molecular flexibility index (Phi) is 4.05. The van der Waals surface area contributed by atoms with Gasteiger partial charge in [-0.25, -0.2) is 0 Å². The highest BCUT2D eigenvalue weighted by Gasteiger charge is 2.36. The van der Waals surface area contributed by atoms with Gasteiger partial charge in [-0.15, -0.1) is 0 Å². The highest BCUT2D eigenvalue weighted by molar-refractivity contribution is 5.81. The van der Waals surface area contributed by atoms with Crippen molar-refractivity contribution >= 4 is 5.91 Å². The average molecular weight is 239 g/mol. The molecule has 2 atom stereocenters. The monoisotopic (exact) mass is 239 g/mol. The first-order chi connectivity index (χ1) is 8.09. The molecule has 0 aromatic heterocycles. The minimum absolute atomic E-state index is 0.131. The summed E-state index contributed by atoms with van der Waals surface area (Å²) >= 11 is 0. The first-order valence-electron chi connectivity index (χ1n) is 6.86. The number of rotatable bonds is 4. The number of amides is 1. The van der Waals surface area contributed by atoms with Crippen molar-refractivity contribution in [2.75, 3.05) is 20.1 Å². The van der Waals surface area contributed by atoms with E-state index in [4.69, 9.17) is 5.73 Å². The highest BCUT2D eigenvalue weighted by Crippen LogP contribution is 2.29. The zero-order valence-electron chi connectivity index (χ0n) is 11.1.